The van der Waals surface area contributed by atoms with E-state index >= 15 is 0 Å². The molecule has 2 aromatic rings. The third-order valence-corrected chi connectivity index (χ3v) is 4.56. The molecule has 0 unspecified atom stereocenters. The Morgan fingerprint density at radius 1 is 1.12 bits per heavy atom. The largest absolute Gasteiger partial charge is 0.293 e. The van der Waals surface area contributed by atoms with Crippen LogP contribution in [0.3, 0.4) is 0 Å². The molecular formula is C17H20N6O. The molecular weight excluding hydrogens is 304 g/mol. The van der Waals surface area contributed by atoms with E-state index in [9.17, 15) is 4.79 Å². The van der Waals surface area contributed by atoms with E-state index in [-0.39, 0.29) is 5.91 Å². The van der Waals surface area contributed by atoms with Gasteiger partial charge in [-0.2, -0.15) is 5.10 Å². The van der Waals surface area contributed by atoms with Crippen molar-refractivity contribution in [2.24, 2.45) is 5.10 Å². The highest BCUT2D eigenvalue weighted by Gasteiger charge is 2.35. The number of nitrogens with zero attached hydrogens (tertiary/aromatic N) is 6. The van der Waals surface area contributed by atoms with Crippen molar-refractivity contribution in [2.45, 2.75) is 26.2 Å². The second kappa shape index (κ2) is 6.16. The van der Waals surface area contributed by atoms with Crippen LogP contribution in [0, 0.1) is 6.92 Å². The number of carbonyl (C=O) groups is 1. The van der Waals surface area contributed by atoms with E-state index in [0.29, 0.717) is 12.4 Å². The third kappa shape index (κ3) is 2.71. The predicted molar refractivity (Wildman–Crippen MR) is 90.9 cm³/mol. The van der Waals surface area contributed by atoms with E-state index in [1.165, 1.54) is 36.6 Å². The summed E-state index contributed by atoms with van der Waals surface area (Å²) in [5.41, 5.74) is 3.37. The lowest BCUT2D eigenvalue weighted by Crippen LogP contribution is -2.43. The van der Waals surface area contributed by atoms with Crippen LogP contribution >= 0.6 is 0 Å². The van der Waals surface area contributed by atoms with Crippen molar-refractivity contribution in [3.8, 4) is 0 Å². The second-order valence-electron chi connectivity index (χ2n) is 6.36. The van der Waals surface area contributed by atoms with Crippen LogP contribution < -0.4 is 4.90 Å². The molecule has 1 aromatic heterocycles. The van der Waals surface area contributed by atoms with E-state index in [4.69, 9.17) is 0 Å². The predicted octanol–water partition coefficient (Wildman–Crippen LogP) is 1.63. The summed E-state index contributed by atoms with van der Waals surface area (Å²) < 4.78 is 1.48. The van der Waals surface area contributed by atoms with E-state index in [1.54, 1.807) is 0 Å². The smallest absolute Gasteiger partial charge is 0.280 e. The summed E-state index contributed by atoms with van der Waals surface area (Å²) in [7, 11) is 0. The number of rotatable bonds is 3. The van der Waals surface area contributed by atoms with Gasteiger partial charge in [0.05, 0.1) is 12.4 Å². The maximum absolute atomic E-state index is 13.0. The van der Waals surface area contributed by atoms with E-state index in [1.807, 2.05) is 30.0 Å². The fraction of sp³-hybridized carbons (Fsp3) is 0.412. The fourth-order valence-corrected chi connectivity index (χ4v) is 3.33. The SMILES string of the molecule is Cc1ccc2c(c1)/C(=N\n1cnnc1)C(=O)N2CN1CCCCC1. The van der Waals surface area contributed by atoms with Crippen LogP contribution in [0.2, 0.25) is 0 Å². The highest BCUT2D eigenvalue weighted by molar-refractivity contribution is 6.54. The zero-order valence-electron chi connectivity index (χ0n) is 13.7. The zero-order chi connectivity index (χ0) is 16.5. The molecule has 0 bridgehead atoms. The molecule has 0 saturated carbocycles. The highest BCUT2D eigenvalue weighted by Crippen LogP contribution is 2.31. The first-order valence-electron chi connectivity index (χ1n) is 8.31. The maximum Gasteiger partial charge on any atom is 0.280 e. The summed E-state index contributed by atoms with van der Waals surface area (Å²) in [5.74, 6) is -0.0603. The van der Waals surface area contributed by atoms with Gasteiger partial charge in [-0.25, -0.2) is 4.68 Å². The molecule has 4 rings (SSSR count). The van der Waals surface area contributed by atoms with Crippen molar-refractivity contribution in [3.05, 3.63) is 42.0 Å². The molecule has 0 atom stereocenters. The minimum absolute atomic E-state index is 0.0603. The number of hydrogen-bond donors (Lipinski definition) is 0. The Kier molecular flexibility index (Phi) is 3.86. The van der Waals surface area contributed by atoms with Gasteiger partial charge in [0.25, 0.3) is 5.91 Å². The molecule has 1 fully saturated rings. The third-order valence-electron chi connectivity index (χ3n) is 4.56. The number of hydrogen-bond acceptors (Lipinski definition) is 5. The first-order chi connectivity index (χ1) is 11.7. The molecule has 24 heavy (non-hydrogen) atoms. The van der Waals surface area contributed by atoms with Crippen LogP contribution in [0.1, 0.15) is 30.4 Å². The van der Waals surface area contributed by atoms with Crippen LogP contribution in [0.25, 0.3) is 0 Å². The quantitative estimate of drug-likeness (QED) is 0.861. The summed E-state index contributed by atoms with van der Waals surface area (Å²) in [4.78, 5) is 17.2. The molecule has 1 aromatic carbocycles. The molecule has 7 nitrogen and oxygen atoms in total. The van der Waals surface area contributed by atoms with E-state index in [2.05, 4.69) is 20.2 Å². The Bertz CT molecular complexity index is 776. The minimum atomic E-state index is -0.0603. The van der Waals surface area contributed by atoms with E-state index in [0.717, 1.165) is 29.9 Å². The fourth-order valence-electron chi connectivity index (χ4n) is 3.33. The number of benzene rings is 1. The van der Waals surface area contributed by atoms with Crippen LogP contribution in [0.5, 0.6) is 0 Å². The Morgan fingerprint density at radius 3 is 2.62 bits per heavy atom. The van der Waals surface area contributed by atoms with Crippen LogP contribution in [0.15, 0.2) is 36.0 Å². The van der Waals surface area contributed by atoms with Gasteiger partial charge in [-0.05, 0) is 45.0 Å². The topological polar surface area (TPSA) is 66.6 Å². The van der Waals surface area contributed by atoms with Gasteiger partial charge in [-0.1, -0.05) is 18.1 Å². The number of likely N-dealkylation sites (tertiary alicyclic amines) is 1. The number of carbonyl (C=O) groups excluding carboxylic acids is 1. The van der Waals surface area contributed by atoms with E-state index < -0.39 is 0 Å². The monoisotopic (exact) mass is 324 g/mol. The molecule has 2 aliphatic rings. The van der Waals surface area contributed by atoms with Crippen molar-refractivity contribution in [1.29, 1.82) is 0 Å². The van der Waals surface area contributed by atoms with Gasteiger partial charge in [-0.3, -0.25) is 14.6 Å². The Balaban J connectivity index is 1.70. The van der Waals surface area contributed by atoms with Gasteiger partial charge in [0.1, 0.15) is 12.7 Å². The lowest BCUT2D eigenvalue weighted by atomic mass is 10.1. The highest BCUT2D eigenvalue weighted by atomic mass is 16.2. The van der Waals surface area contributed by atoms with Crippen LogP contribution in [0.4, 0.5) is 5.69 Å². The second-order valence-corrected chi connectivity index (χ2v) is 6.36. The zero-order valence-corrected chi connectivity index (χ0v) is 13.7. The van der Waals surface area contributed by atoms with Crippen LogP contribution in [-0.4, -0.2) is 51.2 Å². The van der Waals surface area contributed by atoms with Crippen LogP contribution in [-0.2, 0) is 4.79 Å². The minimum Gasteiger partial charge on any atom is -0.293 e. The number of anilines is 1. The molecule has 124 valence electrons. The molecule has 1 amide bonds. The summed E-state index contributed by atoms with van der Waals surface area (Å²) >= 11 is 0. The lowest BCUT2D eigenvalue weighted by molar-refractivity contribution is -0.112. The number of amides is 1. The van der Waals surface area contributed by atoms with Gasteiger partial charge >= 0.3 is 0 Å². The van der Waals surface area contributed by atoms with Gasteiger partial charge < -0.3 is 0 Å². The average molecular weight is 324 g/mol. The van der Waals surface area contributed by atoms with Crippen molar-refractivity contribution >= 4 is 17.3 Å². The standard InChI is InChI=1S/C17H20N6O/c1-13-5-6-15-14(9-13)16(20-22-10-18-19-11-22)17(24)23(15)12-21-7-3-2-4-8-21/h5-6,9-11H,2-4,7-8,12H2,1H3/b20-16+. The number of aromatic nitrogens is 3. The van der Waals surface area contributed by atoms with Gasteiger partial charge in [0.2, 0.25) is 0 Å². The Labute approximate surface area is 140 Å². The summed E-state index contributed by atoms with van der Waals surface area (Å²) in [6, 6.07) is 6.07. The Morgan fingerprint density at radius 2 is 1.88 bits per heavy atom. The molecule has 1 saturated heterocycles. The number of fused-ring (bicyclic) bond motifs is 1. The summed E-state index contributed by atoms with van der Waals surface area (Å²) in [6.45, 7) is 4.73. The van der Waals surface area contributed by atoms with Crippen molar-refractivity contribution < 1.29 is 4.79 Å². The number of piperidine rings is 1. The molecule has 3 heterocycles. The number of aryl methyl sites for hydroxylation is 1. The van der Waals surface area contributed by atoms with Gasteiger partial charge in [0.15, 0.2) is 5.71 Å². The first kappa shape index (κ1) is 15.0. The lowest BCUT2D eigenvalue weighted by Gasteiger charge is -2.30. The van der Waals surface area contributed by atoms with Crippen molar-refractivity contribution in [3.63, 3.8) is 0 Å². The molecule has 7 heteroatoms. The van der Waals surface area contributed by atoms with Crippen molar-refractivity contribution in [2.75, 3.05) is 24.7 Å². The Hall–Kier alpha value is -2.54. The molecule has 0 N–H and O–H groups in total. The summed E-state index contributed by atoms with van der Waals surface area (Å²) in [6.07, 6.45) is 6.65. The molecule has 0 spiro atoms. The summed E-state index contributed by atoms with van der Waals surface area (Å²) in [5, 5.41) is 11.9. The molecule has 2 aliphatic heterocycles. The van der Waals surface area contributed by atoms with Gasteiger partial charge in [0, 0.05) is 5.56 Å². The first-order valence-corrected chi connectivity index (χ1v) is 8.31. The average Bonchev–Trinajstić information content (AvgIpc) is 3.19. The molecule has 0 aliphatic carbocycles. The molecule has 0 radical (unpaired) electrons. The van der Waals surface area contributed by atoms with Gasteiger partial charge in [-0.15, -0.1) is 10.2 Å². The maximum atomic E-state index is 13.0. The normalized spacial score (nSPS) is 20.0. The van der Waals surface area contributed by atoms with Crippen molar-refractivity contribution in [1.82, 2.24) is 19.8 Å².